The number of aromatic nitrogens is 4. The van der Waals surface area contributed by atoms with E-state index in [9.17, 15) is 30.8 Å². The van der Waals surface area contributed by atoms with Crippen LogP contribution >= 0.6 is 0 Å². The molecule has 1 aliphatic carbocycles. The van der Waals surface area contributed by atoms with E-state index in [4.69, 9.17) is 0 Å². The van der Waals surface area contributed by atoms with Crippen molar-refractivity contribution in [2.75, 3.05) is 0 Å². The van der Waals surface area contributed by atoms with Crippen LogP contribution in [0.3, 0.4) is 0 Å². The normalized spacial score (nSPS) is 14.6. The van der Waals surface area contributed by atoms with E-state index in [1.165, 1.54) is 24.4 Å². The lowest BCUT2D eigenvalue weighted by atomic mass is 9.81. The summed E-state index contributed by atoms with van der Waals surface area (Å²) < 4.78 is 78.1. The fourth-order valence-electron chi connectivity index (χ4n) is 3.57. The molecule has 1 saturated carbocycles. The lowest BCUT2D eigenvalue weighted by Gasteiger charge is -2.23. The monoisotopic (exact) mass is 522 g/mol. The summed E-state index contributed by atoms with van der Waals surface area (Å²) in [6, 6.07) is 5.20. The second kappa shape index (κ2) is 9.30. The van der Waals surface area contributed by atoms with Gasteiger partial charge in [0.15, 0.2) is 15.5 Å². The molecule has 1 fully saturated rings. The Morgan fingerprint density at radius 3 is 2.42 bits per heavy atom. The number of rotatable bonds is 8. The summed E-state index contributed by atoms with van der Waals surface area (Å²) in [6.45, 7) is 3.20. The third-order valence-electron chi connectivity index (χ3n) is 6.03. The Morgan fingerprint density at radius 1 is 1.06 bits per heavy atom. The van der Waals surface area contributed by atoms with Gasteiger partial charge in [-0.05, 0) is 44.4 Å². The lowest BCUT2D eigenvalue weighted by molar-refractivity contribution is -0.141. The van der Waals surface area contributed by atoms with Gasteiger partial charge in [-0.2, -0.15) is 13.2 Å². The maximum atomic E-state index is 14.8. The van der Waals surface area contributed by atoms with Crippen LogP contribution in [0.5, 0.6) is 0 Å². The number of carbonyl (C=O) groups excluding carboxylic acids is 1. The van der Waals surface area contributed by atoms with Gasteiger partial charge < -0.3 is 0 Å². The molecule has 3 aromatic rings. The first-order chi connectivity index (χ1) is 16.8. The summed E-state index contributed by atoms with van der Waals surface area (Å²) in [5, 5.41) is -0.368. The van der Waals surface area contributed by atoms with E-state index in [2.05, 4.69) is 19.9 Å². The molecule has 0 amide bonds. The highest BCUT2D eigenvalue weighted by atomic mass is 32.2. The van der Waals surface area contributed by atoms with Gasteiger partial charge in [-0.25, -0.2) is 27.8 Å². The van der Waals surface area contributed by atoms with Crippen LogP contribution in [0.1, 0.15) is 49.5 Å². The zero-order chi connectivity index (χ0) is 26.3. The van der Waals surface area contributed by atoms with Crippen molar-refractivity contribution in [3.05, 3.63) is 71.4 Å². The van der Waals surface area contributed by atoms with Crippen LogP contribution < -0.4 is 0 Å². The molecule has 2 aromatic heterocycles. The number of hydrogen-bond acceptors (Lipinski definition) is 7. The topological polar surface area (TPSA) is 103 Å². The van der Waals surface area contributed by atoms with Crippen molar-refractivity contribution >= 4 is 15.6 Å². The minimum absolute atomic E-state index is 0.0438. The van der Waals surface area contributed by atoms with Crippen molar-refractivity contribution in [3.63, 3.8) is 0 Å². The van der Waals surface area contributed by atoms with Gasteiger partial charge in [0.25, 0.3) is 0 Å². The molecular weight excluding hydrogens is 500 g/mol. The fourth-order valence-corrected chi connectivity index (χ4v) is 5.16. The first kappa shape index (κ1) is 25.8. The molecule has 4 rings (SSSR count). The van der Waals surface area contributed by atoms with E-state index in [0.717, 1.165) is 12.3 Å². The molecule has 1 aromatic carbocycles. The molecule has 0 unspecified atom stereocenters. The molecule has 0 N–H and O–H groups in total. The third-order valence-corrected chi connectivity index (χ3v) is 8.18. The quantitative estimate of drug-likeness (QED) is 0.408. The summed E-state index contributed by atoms with van der Waals surface area (Å²) in [4.78, 5) is 28.5. The highest BCUT2D eigenvalue weighted by Crippen LogP contribution is 2.32. The predicted molar refractivity (Wildman–Crippen MR) is 122 cm³/mol. The van der Waals surface area contributed by atoms with E-state index in [1.807, 2.05) is 0 Å². The molecule has 7 nitrogen and oxygen atoms in total. The van der Waals surface area contributed by atoms with Crippen molar-refractivity contribution in [3.8, 4) is 11.3 Å². The number of ketones is 1. The first-order valence-electron chi connectivity index (χ1n) is 11.0. The predicted octanol–water partition coefficient (Wildman–Crippen LogP) is 4.26. The van der Waals surface area contributed by atoms with Crippen LogP contribution in [0.25, 0.3) is 11.3 Å². The van der Waals surface area contributed by atoms with Gasteiger partial charge >= 0.3 is 6.18 Å². The standard InChI is InChI=1S/C24H22F4N4O3S/c1-23(2,19-7-8-30-22(32-19)13-36(34,35)16-5-6-16)21(33)10-14-3-4-15(9-17(14)25)18-11-29-12-20(31-18)24(26,27)28/h3-4,7-9,11-12,16H,5-6,10,13H2,1-2H3. The van der Waals surface area contributed by atoms with Gasteiger partial charge in [0.1, 0.15) is 23.2 Å². The largest absolute Gasteiger partial charge is 0.434 e. The van der Waals surface area contributed by atoms with Crippen molar-refractivity contribution in [2.45, 2.75) is 55.7 Å². The first-order valence-corrected chi connectivity index (χ1v) is 12.7. The molecule has 0 aliphatic heterocycles. The summed E-state index contributed by atoms with van der Waals surface area (Å²) in [6.07, 6.45) is -0.702. The fraction of sp³-hybridized carbons (Fsp3) is 0.375. The van der Waals surface area contributed by atoms with E-state index >= 15 is 0 Å². The van der Waals surface area contributed by atoms with E-state index in [0.29, 0.717) is 24.7 Å². The Labute approximate surface area is 205 Å². The average molecular weight is 523 g/mol. The Balaban J connectivity index is 1.52. The van der Waals surface area contributed by atoms with Crippen LogP contribution in [-0.2, 0) is 38.4 Å². The SMILES string of the molecule is CC(C)(C(=O)Cc1ccc(-c2cncc(C(F)(F)F)n2)cc1F)c1ccnc(CS(=O)(=O)C2CC2)n1. The molecule has 0 bridgehead atoms. The molecule has 2 heterocycles. The van der Waals surface area contributed by atoms with Crippen LogP contribution in [0.2, 0.25) is 0 Å². The van der Waals surface area contributed by atoms with Crippen molar-refractivity contribution < 1.29 is 30.8 Å². The van der Waals surface area contributed by atoms with Crippen LogP contribution in [0.4, 0.5) is 17.6 Å². The van der Waals surface area contributed by atoms with E-state index in [1.54, 1.807) is 13.8 Å². The minimum atomic E-state index is -4.69. The molecule has 190 valence electrons. The molecule has 12 heteroatoms. The van der Waals surface area contributed by atoms with Crippen LogP contribution in [-0.4, -0.2) is 39.4 Å². The average Bonchev–Trinajstić information content (AvgIpc) is 3.66. The number of nitrogens with zero attached hydrogens (tertiary/aromatic N) is 4. The van der Waals surface area contributed by atoms with E-state index in [-0.39, 0.29) is 45.9 Å². The van der Waals surface area contributed by atoms with Crippen molar-refractivity contribution in [1.82, 2.24) is 19.9 Å². The zero-order valence-corrected chi connectivity index (χ0v) is 20.2. The summed E-state index contributed by atoms with van der Waals surface area (Å²) >= 11 is 0. The second-order valence-electron chi connectivity index (χ2n) is 9.18. The summed E-state index contributed by atoms with van der Waals surface area (Å²) in [7, 11) is -3.35. The summed E-state index contributed by atoms with van der Waals surface area (Å²) in [5.74, 6) is -1.39. The molecule has 0 radical (unpaired) electrons. The van der Waals surface area contributed by atoms with Gasteiger partial charge in [-0.1, -0.05) is 12.1 Å². The van der Waals surface area contributed by atoms with Crippen molar-refractivity contribution in [1.29, 1.82) is 0 Å². The molecule has 0 spiro atoms. The number of halogens is 4. The number of Topliss-reactive ketones (excluding diaryl/α,β-unsaturated/α-hetero) is 1. The van der Waals surface area contributed by atoms with Crippen LogP contribution in [0.15, 0.2) is 42.9 Å². The number of hydrogen-bond donors (Lipinski definition) is 0. The smallest absolute Gasteiger partial charge is 0.298 e. The Hall–Kier alpha value is -3.28. The van der Waals surface area contributed by atoms with Gasteiger partial charge in [-0.15, -0.1) is 0 Å². The third kappa shape index (κ3) is 5.58. The van der Waals surface area contributed by atoms with Gasteiger partial charge in [0.2, 0.25) is 0 Å². The summed E-state index contributed by atoms with van der Waals surface area (Å²) in [5.41, 5.74) is -2.10. The van der Waals surface area contributed by atoms with Gasteiger partial charge in [-0.3, -0.25) is 9.78 Å². The maximum Gasteiger partial charge on any atom is 0.434 e. The second-order valence-corrected chi connectivity index (χ2v) is 11.5. The van der Waals surface area contributed by atoms with Crippen LogP contribution in [0, 0.1) is 5.82 Å². The Morgan fingerprint density at radius 2 is 1.78 bits per heavy atom. The van der Waals surface area contributed by atoms with Gasteiger partial charge in [0.05, 0.1) is 34.4 Å². The molecule has 1 aliphatic rings. The molecule has 36 heavy (non-hydrogen) atoms. The molecule has 0 saturated heterocycles. The Kier molecular flexibility index (Phi) is 6.67. The minimum Gasteiger partial charge on any atom is -0.298 e. The highest BCUT2D eigenvalue weighted by molar-refractivity contribution is 7.91. The highest BCUT2D eigenvalue weighted by Gasteiger charge is 2.37. The number of carbonyl (C=O) groups is 1. The molecule has 0 atom stereocenters. The number of alkyl halides is 3. The number of sulfone groups is 1. The van der Waals surface area contributed by atoms with E-state index < -0.39 is 32.9 Å². The maximum absolute atomic E-state index is 14.8. The number of benzene rings is 1. The zero-order valence-electron chi connectivity index (χ0n) is 19.4. The Bertz CT molecular complexity index is 1420. The lowest BCUT2D eigenvalue weighted by Crippen LogP contribution is -2.32. The van der Waals surface area contributed by atoms with Gasteiger partial charge in [0, 0.05) is 18.2 Å². The molecular formula is C24H22F4N4O3S. The van der Waals surface area contributed by atoms with Crippen molar-refractivity contribution in [2.24, 2.45) is 0 Å².